The number of carbonyl (C=O) groups is 1. The molecule has 0 aliphatic heterocycles. The molecule has 0 fully saturated rings. The molecule has 27 heavy (non-hydrogen) atoms. The van der Waals surface area contributed by atoms with Crippen molar-refractivity contribution in [2.24, 2.45) is 0 Å². The van der Waals surface area contributed by atoms with Crippen molar-refractivity contribution in [3.63, 3.8) is 0 Å². The number of benzene rings is 2. The molecule has 3 aromatic rings. The highest BCUT2D eigenvalue weighted by Gasteiger charge is 2.17. The van der Waals surface area contributed by atoms with E-state index in [4.69, 9.17) is 0 Å². The van der Waals surface area contributed by atoms with E-state index in [0.717, 1.165) is 30.6 Å². The molecule has 0 unspecified atom stereocenters. The second-order valence-corrected chi connectivity index (χ2v) is 5.19. The van der Waals surface area contributed by atoms with Gasteiger partial charge in [-0.05, 0) is 24.3 Å². The van der Waals surface area contributed by atoms with Gasteiger partial charge >= 0.3 is 0 Å². The summed E-state index contributed by atoms with van der Waals surface area (Å²) in [6, 6.07) is 4.75. The van der Waals surface area contributed by atoms with Crippen molar-refractivity contribution >= 4 is 23.2 Å². The first-order chi connectivity index (χ1) is 12.9. The lowest BCUT2D eigenvalue weighted by molar-refractivity contribution is 0.102. The zero-order valence-electron chi connectivity index (χ0n) is 13.2. The first kappa shape index (κ1) is 18.2. The van der Waals surface area contributed by atoms with Crippen LogP contribution >= 0.6 is 0 Å². The Morgan fingerprint density at radius 3 is 2.07 bits per heavy atom. The molecular formula is C17H9F5N4O. The van der Waals surface area contributed by atoms with Gasteiger partial charge in [-0.1, -0.05) is 6.07 Å². The Labute approximate surface area is 148 Å². The van der Waals surface area contributed by atoms with Gasteiger partial charge in [-0.3, -0.25) is 4.79 Å². The van der Waals surface area contributed by atoms with Crippen LogP contribution in [0.3, 0.4) is 0 Å². The summed E-state index contributed by atoms with van der Waals surface area (Å²) < 4.78 is 66.8. The number of aromatic nitrogens is 2. The predicted octanol–water partition coefficient (Wildman–Crippen LogP) is 4.17. The van der Waals surface area contributed by atoms with E-state index in [1.54, 1.807) is 0 Å². The molecule has 0 atom stereocenters. The van der Waals surface area contributed by atoms with E-state index in [2.05, 4.69) is 15.3 Å². The first-order valence-electron chi connectivity index (χ1n) is 7.34. The molecular weight excluding hydrogens is 371 g/mol. The third-order valence-electron chi connectivity index (χ3n) is 3.40. The topological polar surface area (TPSA) is 66.9 Å². The van der Waals surface area contributed by atoms with Crippen LogP contribution in [-0.4, -0.2) is 15.9 Å². The lowest BCUT2D eigenvalue weighted by atomic mass is 10.2. The maximum absolute atomic E-state index is 13.6. The van der Waals surface area contributed by atoms with Crippen molar-refractivity contribution in [2.45, 2.75) is 0 Å². The quantitative estimate of drug-likeness (QED) is 0.527. The molecule has 0 saturated heterocycles. The third kappa shape index (κ3) is 3.84. The molecule has 1 amide bonds. The van der Waals surface area contributed by atoms with E-state index < -0.39 is 46.4 Å². The van der Waals surface area contributed by atoms with E-state index in [1.165, 1.54) is 6.07 Å². The molecule has 0 aliphatic rings. The smallest absolute Gasteiger partial charge is 0.258 e. The zero-order valence-corrected chi connectivity index (χ0v) is 13.2. The first-order valence-corrected chi connectivity index (χ1v) is 7.34. The van der Waals surface area contributed by atoms with Crippen molar-refractivity contribution in [2.75, 3.05) is 10.6 Å². The summed E-state index contributed by atoms with van der Waals surface area (Å²) in [6.07, 6.45) is 2.00. The Bertz CT molecular complexity index is 991. The van der Waals surface area contributed by atoms with Crippen LogP contribution in [0.5, 0.6) is 0 Å². The largest absolute Gasteiger partial charge is 0.319 e. The van der Waals surface area contributed by atoms with Gasteiger partial charge < -0.3 is 10.6 Å². The lowest BCUT2D eigenvalue weighted by Gasteiger charge is -2.09. The molecule has 1 heterocycles. The summed E-state index contributed by atoms with van der Waals surface area (Å²) in [5, 5.41) is 4.36. The Morgan fingerprint density at radius 1 is 0.815 bits per heavy atom. The number of carbonyl (C=O) groups excluding carboxylic acids is 1. The lowest BCUT2D eigenvalue weighted by Crippen LogP contribution is -2.15. The molecule has 0 spiro atoms. The Hall–Kier alpha value is -3.56. The number of nitrogens with zero attached hydrogens (tertiary/aromatic N) is 2. The number of amides is 1. The summed E-state index contributed by atoms with van der Waals surface area (Å²) in [5.74, 6) is -7.51. The average molecular weight is 380 g/mol. The number of hydrogen-bond donors (Lipinski definition) is 2. The van der Waals surface area contributed by atoms with E-state index in [1.807, 2.05) is 5.32 Å². The molecule has 0 aliphatic carbocycles. The highest BCUT2D eigenvalue weighted by molar-refractivity contribution is 6.04. The third-order valence-corrected chi connectivity index (χ3v) is 3.40. The van der Waals surface area contributed by atoms with Gasteiger partial charge in [0.15, 0.2) is 17.5 Å². The minimum Gasteiger partial charge on any atom is -0.319 e. The highest BCUT2D eigenvalue weighted by atomic mass is 19.2. The number of nitrogens with one attached hydrogen (secondary N) is 2. The molecule has 10 heteroatoms. The van der Waals surface area contributed by atoms with Crippen molar-refractivity contribution in [3.05, 3.63) is 77.4 Å². The SMILES string of the molecule is O=C(Nc1ccc(F)c(F)c1F)c1cnc(Nc2c(F)cccc2F)nc1. The van der Waals surface area contributed by atoms with Crippen molar-refractivity contribution in [1.82, 2.24) is 9.97 Å². The fourth-order valence-electron chi connectivity index (χ4n) is 2.06. The predicted molar refractivity (Wildman–Crippen MR) is 85.9 cm³/mol. The number of hydrogen-bond acceptors (Lipinski definition) is 4. The molecule has 3 rings (SSSR count). The molecule has 5 nitrogen and oxygen atoms in total. The fraction of sp³-hybridized carbons (Fsp3) is 0. The Balaban J connectivity index is 1.75. The van der Waals surface area contributed by atoms with Gasteiger partial charge in [0, 0.05) is 12.4 Å². The molecule has 2 aromatic carbocycles. The van der Waals surface area contributed by atoms with Crippen LogP contribution < -0.4 is 10.6 Å². The molecule has 0 saturated carbocycles. The minimum absolute atomic E-state index is 0.154. The second kappa shape index (κ2) is 7.36. The van der Waals surface area contributed by atoms with Gasteiger partial charge in [0.2, 0.25) is 5.95 Å². The fourth-order valence-corrected chi connectivity index (χ4v) is 2.06. The average Bonchev–Trinajstić information content (AvgIpc) is 2.66. The van der Waals surface area contributed by atoms with Gasteiger partial charge in [0.1, 0.15) is 17.3 Å². The number of para-hydroxylation sites is 1. The van der Waals surface area contributed by atoms with Crippen molar-refractivity contribution in [3.8, 4) is 0 Å². The number of anilines is 3. The molecule has 2 N–H and O–H groups in total. The maximum atomic E-state index is 13.6. The van der Waals surface area contributed by atoms with Gasteiger partial charge in [-0.15, -0.1) is 0 Å². The molecule has 0 bridgehead atoms. The second-order valence-electron chi connectivity index (χ2n) is 5.19. The van der Waals surface area contributed by atoms with E-state index in [9.17, 15) is 26.7 Å². The Morgan fingerprint density at radius 2 is 1.44 bits per heavy atom. The van der Waals surface area contributed by atoms with Crippen molar-refractivity contribution < 1.29 is 26.7 Å². The molecule has 0 radical (unpaired) electrons. The highest BCUT2D eigenvalue weighted by Crippen LogP contribution is 2.22. The van der Waals surface area contributed by atoms with E-state index in [0.29, 0.717) is 6.07 Å². The summed E-state index contributed by atoms with van der Waals surface area (Å²) >= 11 is 0. The summed E-state index contributed by atoms with van der Waals surface area (Å²) in [7, 11) is 0. The van der Waals surface area contributed by atoms with Crippen LogP contribution in [0.25, 0.3) is 0 Å². The normalized spacial score (nSPS) is 10.6. The molecule has 1 aromatic heterocycles. The number of halogens is 5. The van der Waals surface area contributed by atoms with E-state index >= 15 is 0 Å². The standard InChI is InChI=1S/C17H9F5N4O/c18-9-4-5-12(14(22)13(9)21)25-16(27)8-6-23-17(24-7-8)26-15-10(19)2-1-3-11(15)20/h1-7H,(H,25,27)(H,23,24,26). The Kier molecular flexibility index (Phi) is 4.97. The summed E-state index contributed by atoms with van der Waals surface area (Å²) in [5.41, 5.74) is -1.20. The number of rotatable bonds is 4. The summed E-state index contributed by atoms with van der Waals surface area (Å²) in [4.78, 5) is 19.5. The van der Waals surface area contributed by atoms with Crippen LogP contribution in [-0.2, 0) is 0 Å². The van der Waals surface area contributed by atoms with Crippen LogP contribution in [0, 0.1) is 29.1 Å². The van der Waals surface area contributed by atoms with Crippen LogP contribution in [0.2, 0.25) is 0 Å². The van der Waals surface area contributed by atoms with Crippen LogP contribution in [0.1, 0.15) is 10.4 Å². The van der Waals surface area contributed by atoms with Gasteiger partial charge in [0.25, 0.3) is 5.91 Å². The van der Waals surface area contributed by atoms with Crippen LogP contribution in [0.15, 0.2) is 42.7 Å². The van der Waals surface area contributed by atoms with Gasteiger partial charge in [-0.25, -0.2) is 31.9 Å². The van der Waals surface area contributed by atoms with E-state index in [-0.39, 0.29) is 11.5 Å². The van der Waals surface area contributed by atoms with Gasteiger partial charge in [0.05, 0.1) is 11.3 Å². The maximum Gasteiger partial charge on any atom is 0.258 e. The molecule has 138 valence electrons. The monoisotopic (exact) mass is 380 g/mol. The van der Waals surface area contributed by atoms with Crippen LogP contribution in [0.4, 0.5) is 39.3 Å². The zero-order chi connectivity index (χ0) is 19.6. The summed E-state index contributed by atoms with van der Waals surface area (Å²) in [6.45, 7) is 0. The van der Waals surface area contributed by atoms with Crippen molar-refractivity contribution in [1.29, 1.82) is 0 Å². The van der Waals surface area contributed by atoms with Gasteiger partial charge in [-0.2, -0.15) is 0 Å². The minimum atomic E-state index is -1.73.